The van der Waals surface area contributed by atoms with Crippen LogP contribution in [0.2, 0.25) is 0 Å². The molecule has 15 nitrogen and oxygen atoms in total. The van der Waals surface area contributed by atoms with Crippen LogP contribution in [0.5, 0.6) is 0 Å². The number of benzene rings is 6. The molecule has 0 radical (unpaired) electrons. The zero-order valence-electron chi connectivity index (χ0n) is 71.2. The van der Waals surface area contributed by atoms with Crippen molar-refractivity contribution in [1.82, 2.24) is 5.32 Å². The van der Waals surface area contributed by atoms with Gasteiger partial charge in [-0.05, 0) is 322 Å². The molecule has 0 amide bonds. The molecular formula is C90H137ClIN7O8S7Ti. The molecule has 0 aromatic heterocycles. The number of Topliss-reactive ketones (excluding diaryl/α,β-unsaturated/α-hetero) is 1. The summed E-state index contributed by atoms with van der Waals surface area (Å²) in [6.45, 7) is 26.6. The van der Waals surface area contributed by atoms with E-state index in [4.69, 9.17) is 60.0 Å². The molecule has 6 aromatic carbocycles. The van der Waals surface area contributed by atoms with Crippen molar-refractivity contribution in [3.8, 4) is 0 Å². The molecule has 6 aromatic rings. The van der Waals surface area contributed by atoms with Gasteiger partial charge in [0.05, 0.1) is 47.3 Å². The van der Waals surface area contributed by atoms with Crippen LogP contribution >= 0.6 is 83.4 Å². The average Bonchev–Trinajstić information content (AvgIpc) is 1.64. The van der Waals surface area contributed by atoms with E-state index in [2.05, 4.69) is 193 Å². The number of thioether (sulfide) groups is 1. The van der Waals surface area contributed by atoms with Gasteiger partial charge in [0.2, 0.25) is 0 Å². The van der Waals surface area contributed by atoms with Crippen molar-refractivity contribution in [3.63, 3.8) is 0 Å². The van der Waals surface area contributed by atoms with E-state index in [1.54, 1.807) is 27.7 Å². The van der Waals surface area contributed by atoms with Crippen LogP contribution in [0, 0.1) is 0 Å². The molecule has 2 heterocycles. The zero-order valence-corrected chi connectivity index (χ0v) is 81.5. The molecular weight excluding hydrogens is 1740 g/mol. The summed E-state index contributed by atoms with van der Waals surface area (Å²) in [4.78, 5) is 19.1. The predicted octanol–water partition coefficient (Wildman–Crippen LogP) is 18.2. The number of carbonyl (C=O) groups excluding carboxylic acids is 1. The standard InChI is InChI=1S/C16H25NOS.C14H17NS.C13H17NOS.C13H15NS.C11H16N2.C9H8O.C4H11NOS.4C2H6O.CH3I.CS2.ClH.Ti/c1-15(2,3)19(18)12-16(10-11-17)9-8-13-6-4-5-7-14(13)16;1-16-13-7-4-9-14(15-13)10-8-11-5-2-3-6-12(11)14;1-13(2,3)16(15)14-12-9-8-10-6-4-5-7-11(10)12;15-12-6-3-8-13(14-12)9-7-10-4-1-2-5-11(10)13;12-8-7-11(13)6-5-9-3-1-2-4-10(9)11;10-9-6-5-7-3-1-2-4-8(7)9;1-4(2,3)7(5)6;4*1-2-3;1-2;2-1-3;;/h4-7H,8-12,17H2,1-3H3;2-3,5-6H,4,7-10H2,1H3;4-7H,8-9H2,1-3H3;1-2,4-5H,3,6-9H2,(H,14,15);1-4H,5-8,12-13H2;1-4H,5-6H2;5H2,1-3H3;4*3H,2H2,1H3;1H3;;1H;. The van der Waals surface area contributed by atoms with Gasteiger partial charge in [0.25, 0.3) is 0 Å². The van der Waals surface area contributed by atoms with Gasteiger partial charge in [-0.3, -0.25) is 19.1 Å². The number of ketones is 1. The number of aliphatic imine (C=N–C) groups is 1. The Balaban J connectivity index is 0.00000129. The summed E-state index contributed by atoms with van der Waals surface area (Å²) in [5, 5.41) is 40.2. The normalized spacial score (nSPS) is 20.5. The van der Waals surface area contributed by atoms with Crippen LogP contribution in [-0.4, -0.2) is 130 Å². The van der Waals surface area contributed by atoms with Gasteiger partial charge in [0, 0.05) is 96.7 Å². The van der Waals surface area contributed by atoms with E-state index < -0.39 is 32.8 Å². The van der Waals surface area contributed by atoms with E-state index in [1.807, 2.05) is 98.9 Å². The molecule has 13 N–H and O–H groups in total. The first-order valence-corrected chi connectivity index (χ1v) is 47.9. The van der Waals surface area contributed by atoms with Crippen molar-refractivity contribution in [2.24, 2.45) is 31.7 Å². The van der Waals surface area contributed by atoms with Gasteiger partial charge < -0.3 is 42.9 Å². The number of thiocarbonyl (C=S) groups is 3. The summed E-state index contributed by atoms with van der Waals surface area (Å²) >= 11 is 17.2. The first-order chi connectivity index (χ1) is 53.7. The molecule has 2 aliphatic heterocycles. The number of piperidine rings is 1. The maximum Gasteiger partial charge on any atom is 0.163 e. The maximum atomic E-state index is 12.6. The van der Waals surface area contributed by atoms with Gasteiger partial charge >= 0.3 is 0 Å². The molecule has 7 atom stereocenters. The molecule has 1 fully saturated rings. The summed E-state index contributed by atoms with van der Waals surface area (Å²) in [7, 11) is -3.16. The third-order valence-corrected chi connectivity index (χ3v) is 25.9. The Bertz CT molecular complexity index is 4000. The number of aliphatic hydroxyl groups excluding tert-OH is 4. The Morgan fingerprint density at radius 3 is 1.41 bits per heavy atom. The number of hydrogen-bond acceptors (Lipinski definition) is 16. The van der Waals surface area contributed by atoms with Gasteiger partial charge in [-0.25, -0.2) is 8.42 Å². The summed E-state index contributed by atoms with van der Waals surface area (Å²) < 4.78 is 40.5. The minimum atomic E-state index is -1.18. The molecule has 8 aliphatic rings. The van der Waals surface area contributed by atoms with E-state index in [0.717, 1.165) is 86.2 Å². The van der Waals surface area contributed by atoms with Gasteiger partial charge in [0.15, 0.2) is 5.78 Å². The number of alkyl halides is 1. The summed E-state index contributed by atoms with van der Waals surface area (Å²) in [5.41, 5.74) is 35.1. The van der Waals surface area contributed by atoms with Crippen molar-refractivity contribution in [1.29, 1.82) is 0 Å². The van der Waals surface area contributed by atoms with E-state index in [0.29, 0.717) is 25.3 Å². The number of fused-ring (bicyclic) bond motifs is 8. The molecule has 25 heteroatoms. The summed E-state index contributed by atoms with van der Waals surface area (Å²) in [5.74, 6) is 1.04. The van der Waals surface area contributed by atoms with E-state index >= 15 is 0 Å². The van der Waals surface area contributed by atoms with Gasteiger partial charge in [-0.2, -0.15) is 4.40 Å². The van der Waals surface area contributed by atoms with Crippen molar-refractivity contribution >= 4 is 142 Å². The molecule has 2 spiro atoms. The van der Waals surface area contributed by atoms with Crippen LogP contribution in [0.15, 0.2) is 155 Å². The van der Waals surface area contributed by atoms with Crippen molar-refractivity contribution < 1.29 is 59.6 Å². The number of hydrogen-bond donors (Lipinski definition) is 9. The topological polar surface area (TPSA) is 290 Å². The molecule has 7 unspecified atom stereocenters. The number of aliphatic hydroxyl groups is 4. The number of halogens is 2. The minimum Gasteiger partial charge on any atom is -0.397 e. The molecule has 14 rings (SSSR count). The fourth-order valence-electron chi connectivity index (χ4n) is 14.5. The second-order valence-corrected chi connectivity index (χ2v) is 39.2. The van der Waals surface area contributed by atoms with Crippen LogP contribution in [0.25, 0.3) is 0 Å². The number of nitrogens with one attached hydrogen (secondary N) is 1. The SMILES string of the molecule is CC(C)(C)S(=O)CC1(CCN)CCc2ccccc21.CC(C)(C)S(=O)N=C1CCc2ccccc21.CC(C)(C)S(N)=O.CCO.CCO.CCO.CCO.CI.CSC1=NC2(CCC1)CCc1ccccc12.Cl.NCCC1(N)CCc2ccccc21.O=C1CCc2ccccc21.S=C1CCCC2(CCc3ccccc32)N1.S=C=S.[Ti]. The summed E-state index contributed by atoms with van der Waals surface area (Å²) in [6, 6.07) is 50.8. The fourth-order valence-corrected chi connectivity index (χ4v) is 17.4. The number of rotatable bonds is 7. The fraction of sp³-hybridized carbons (Fsp3) is 0.544. The molecule has 1 saturated heterocycles. The number of carbonyl (C=O) groups is 1. The smallest absolute Gasteiger partial charge is 0.163 e. The molecule has 0 bridgehead atoms. The van der Waals surface area contributed by atoms with Gasteiger partial charge in [0.1, 0.15) is 11.0 Å². The van der Waals surface area contributed by atoms with Crippen molar-refractivity contribution in [2.75, 3.05) is 56.5 Å². The van der Waals surface area contributed by atoms with Gasteiger partial charge in [-0.15, -0.1) is 24.2 Å². The Labute approximate surface area is 754 Å². The molecule has 115 heavy (non-hydrogen) atoms. The monoisotopic (exact) mass is 1880 g/mol. The van der Waals surface area contributed by atoms with Gasteiger partial charge in [-0.1, -0.05) is 180 Å². The third-order valence-electron chi connectivity index (χ3n) is 20.0. The Morgan fingerprint density at radius 1 is 0.530 bits per heavy atom. The second kappa shape index (κ2) is 57.9. The van der Waals surface area contributed by atoms with Crippen LogP contribution in [-0.2, 0) is 115 Å². The Kier molecular flexibility index (Phi) is 56.2. The predicted molar refractivity (Wildman–Crippen MR) is 513 cm³/mol. The second-order valence-electron chi connectivity index (χ2n) is 31.2. The van der Waals surface area contributed by atoms with Crippen LogP contribution in [0.1, 0.15) is 251 Å². The van der Waals surface area contributed by atoms with E-state index in [1.165, 1.54) is 124 Å². The number of aryl methyl sites for hydroxylation is 6. The Morgan fingerprint density at radius 2 is 0.930 bits per heavy atom. The van der Waals surface area contributed by atoms with Crippen LogP contribution < -0.4 is 27.7 Å². The van der Waals surface area contributed by atoms with Crippen LogP contribution in [0.4, 0.5) is 0 Å². The number of nitrogens with zero attached hydrogens (tertiary/aromatic N) is 2. The molecule has 640 valence electrons. The zero-order chi connectivity index (χ0) is 85.1. The third kappa shape index (κ3) is 36.3. The first kappa shape index (κ1) is 112. The minimum absolute atomic E-state index is 0. The van der Waals surface area contributed by atoms with Crippen LogP contribution in [0.3, 0.4) is 0 Å². The van der Waals surface area contributed by atoms with E-state index in [9.17, 15) is 17.4 Å². The van der Waals surface area contributed by atoms with E-state index in [-0.39, 0.29) is 96.8 Å². The molecule has 0 saturated carbocycles. The summed E-state index contributed by atoms with van der Waals surface area (Å²) in [6.07, 6.45) is 24.0. The number of nitrogens with two attached hydrogens (primary N) is 4. The quantitative estimate of drug-likeness (QED) is 0.0311. The van der Waals surface area contributed by atoms with Crippen molar-refractivity contribution in [3.05, 3.63) is 212 Å². The average molecular weight is 1880 g/mol. The Hall–Kier alpha value is -3.35. The van der Waals surface area contributed by atoms with Crippen molar-refractivity contribution in [2.45, 2.75) is 255 Å². The molecule has 6 aliphatic carbocycles. The largest absolute Gasteiger partial charge is 0.397 e. The first-order valence-electron chi connectivity index (χ1n) is 39.7. The maximum absolute atomic E-state index is 12.6.